The summed E-state index contributed by atoms with van der Waals surface area (Å²) in [5.74, 6) is 1.67. The number of carbonyl (C=O) groups is 1. The van der Waals surface area contributed by atoms with Crippen LogP contribution >= 0.6 is 0 Å². The summed E-state index contributed by atoms with van der Waals surface area (Å²) >= 11 is 0. The molecule has 0 radical (unpaired) electrons. The molecule has 1 heteroatoms. The average molecular weight is 479 g/mol. The lowest BCUT2D eigenvalue weighted by atomic mass is 9.73. The molecule has 1 atom stereocenters. The first-order valence-corrected chi connectivity index (χ1v) is 14.2. The molecule has 0 bridgehead atoms. The van der Waals surface area contributed by atoms with Crippen LogP contribution in [0.3, 0.4) is 0 Å². The van der Waals surface area contributed by atoms with Crippen molar-refractivity contribution in [2.24, 2.45) is 5.92 Å². The molecule has 0 amide bonds. The number of unbranched alkanes of at least 4 members (excludes halogenated alkanes) is 1. The Morgan fingerprint density at radius 2 is 1.49 bits per heavy atom. The SMILES string of the molecule is C=C(C)C(c1ccccc1C)C1CCCCC1.CC.CC.CCCCC(=O)c1ccc(C)c(C)c1. The summed E-state index contributed by atoms with van der Waals surface area (Å²) in [4.78, 5) is 11.7. The van der Waals surface area contributed by atoms with Crippen LogP contribution in [0.4, 0.5) is 0 Å². The van der Waals surface area contributed by atoms with Gasteiger partial charge in [-0.3, -0.25) is 4.79 Å². The van der Waals surface area contributed by atoms with Gasteiger partial charge >= 0.3 is 0 Å². The van der Waals surface area contributed by atoms with Crippen molar-refractivity contribution in [1.82, 2.24) is 0 Å². The molecule has 3 rings (SSSR count). The number of carbonyl (C=O) groups excluding carboxylic acids is 1. The van der Waals surface area contributed by atoms with E-state index in [4.69, 9.17) is 0 Å². The summed E-state index contributed by atoms with van der Waals surface area (Å²) in [6.07, 6.45) is 9.74. The number of hydrogen-bond acceptors (Lipinski definition) is 1. The van der Waals surface area contributed by atoms with Crippen molar-refractivity contribution in [3.8, 4) is 0 Å². The van der Waals surface area contributed by atoms with E-state index in [-0.39, 0.29) is 5.78 Å². The number of Topliss-reactive ketones (excluding diaryl/α,β-unsaturated/α-hetero) is 1. The largest absolute Gasteiger partial charge is 0.294 e. The number of ketones is 1. The minimum absolute atomic E-state index is 0.273. The van der Waals surface area contributed by atoms with Crippen LogP contribution in [-0.4, -0.2) is 5.78 Å². The summed E-state index contributed by atoms with van der Waals surface area (Å²) in [5.41, 5.74) is 7.58. The summed E-state index contributed by atoms with van der Waals surface area (Å²) in [7, 11) is 0. The summed E-state index contributed by atoms with van der Waals surface area (Å²) in [5, 5.41) is 0. The van der Waals surface area contributed by atoms with E-state index in [0.717, 1.165) is 24.3 Å². The van der Waals surface area contributed by atoms with Gasteiger partial charge in [0.05, 0.1) is 0 Å². The second kappa shape index (κ2) is 19.1. The maximum absolute atomic E-state index is 11.7. The molecule has 0 saturated heterocycles. The van der Waals surface area contributed by atoms with Crippen molar-refractivity contribution in [3.05, 3.63) is 82.4 Å². The van der Waals surface area contributed by atoms with Gasteiger partial charge in [-0.1, -0.05) is 109 Å². The van der Waals surface area contributed by atoms with Crippen LogP contribution in [-0.2, 0) is 0 Å². The quantitative estimate of drug-likeness (QED) is 0.285. The molecule has 0 heterocycles. The van der Waals surface area contributed by atoms with Crippen molar-refractivity contribution >= 4 is 5.78 Å². The molecule has 0 spiro atoms. The minimum Gasteiger partial charge on any atom is -0.294 e. The van der Waals surface area contributed by atoms with Crippen molar-refractivity contribution in [1.29, 1.82) is 0 Å². The van der Waals surface area contributed by atoms with E-state index in [1.54, 1.807) is 0 Å². The Labute approximate surface area is 218 Å². The fourth-order valence-corrected chi connectivity index (χ4v) is 4.72. The third-order valence-electron chi connectivity index (χ3n) is 6.76. The minimum atomic E-state index is 0.273. The highest BCUT2D eigenvalue weighted by Gasteiger charge is 2.26. The van der Waals surface area contributed by atoms with Crippen molar-refractivity contribution in [3.63, 3.8) is 0 Å². The number of allylic oxidation sites excluding steroid dienone is 1. The van der Waals surface area contributed by atoms with Crippen molar-refractivity contribution in [2.45, 2.75) is 120 Å². The Morgan fingerprint density at radius 1 is 0.886 bits per heavy atom. The number of hydrogen-bond donors (Lipinski definition) is 0. The fourth-order valence-electron chi connectivity index (χ4n) is 4.72. The van der Waals surface area contributed by atoms with Gasteiger partial charge in [0, 0.05) is 17.9 Å². The Morgan fingerprint density at radius 3 is 2.00 bits per heavy atom. The van der Waals surface area contributed by atoms with E-state index in [1.807, 2.05) is 52.8 Å². The van der Waals surface area contributed by atoms with Gasteiger partial charge in [0.1, 0.15) is 0 Å². The second-order valence-corrected chi connectivity index (χ2v) is 9.40. The molecule has 1 saturated carbocycles. The molecule has 2 aromatic carbocycles. The monoisotopic (exact) mass is 478 g/mol. The standard InChI is InChI=1S/C17H24.C13H18O.2C2H6/c1-13(2)17(15-10-5-4-6-11-15)16-12-8-7-9-14(16)3;1-4-5-6-13(14)12-8-7-10(2)11(3)9-12;2*1-2/h7-9,12,15,17H,1,4-6,10-11H2,2-3H3;7-9H,4-6H2,1-3H3;2*1-2H3. The first-order valence-electron chi connectivity index (χ1n) is 14.2. The molecule has 2 aromatic rings. The van der Waals surface area contributed by atoms with Gasteiger partial charge in [0.25, 0.3) is 0 Å². The predicted octanol–water partition coefficient (Wildman–Crippen LogP) is 11.0. The zero-order valence-electron chi connectivity index (χ0n) is 24.5. The molecule has 1 nitrogen and oxygen atoms in total. The molecule has 1 unspecified atom stereocenters. The first kappa shape index (κ1) is 32.8. The van der Waals surface area contributed by atoms with Crippen LogP contribution in [0.5, 0.6) is 0 Å². The van der Waals surface area contributed by atoms with Gasteiger partial charge in [-0.05, 0) is 81.2 Å². The molecular formula is C34H54O. The molecule has 0 aromatic heterocycles. The molecule has 35 heavy (non-hydrogen) atoms. The van der Waals surface area contributed by atoms with Gasteiger partial charge in [0.2, 0.25) is 0 Å². The highest BCUT2D eigenvalue weighted by atomic mass is 16.1. The van der Waals surface area contributed by atoms with Crippen LogP contribution in [0.15, 0.2) is 54.6 Å². The highest BCUT2D eigenvalue weighted by Crippen LogP contribution is 2.40. The zero-order valence-corrected chi connectivity index (χ0v) is 24.5. The van der Waals surface area contributed by atoms with Crippen LogP contribution in [0.2, 0.25) is 0 Å². The molecule has 196 valence electrons. The van der Waals surface area contributed by atoms with Gasteiger partial charge in [-0.2, -0.15) is 0 Å². The molecule has 1 aliphatic carbocycles. The van der Waals surface area contributed by atoms with E-state index >= 15 is 0 Å². The Kier molecular flexibility index (Phi) is 17.9. The Balaban J connectivity index is 0.000000587. The van der Waals surface area contributed by atoms with E-state index < -0.39 is 0 Å². The van der Waals surface area contributed by atoms with E-state index in [9.17, 15) is 4.79 Å². The summed E-state index contributed by atoms with van der Waals surface area (Å²) in [6.45, 7) is 22.9. The Hall–Kier alpha value is -2.15. The molecule has 0 N–H and O–H groups in total. The normalized spacial score (nSPS) is 13.6. The molecule has 1 aliphatic rings. The highest BCUT2D eigenvalue weighted by molar-refractivity contribution is 5.96. The summed E-state index contributed by atoms with van der Waals surface area (Å²) in [6, 6.07) is 14.8. The lowest BCUT2D eigenvalue weighted by Gasteiger charge is -2.32. The Bertz CT molecular complexity index is 855. The van der Waals surface area contributed by atoms with Crippen LogP contribution in [0.1, 0.15) is 131 Å². The summed E-state index contributed by atoms with van der Waals surface area (Å²) < 4.78 is 0. The first-order chi connectivity index (χ1) is 16.8. The number of aryl methyl sites for hydroxylation is 3. The van der Waals surface area contributed by atoms with E-state index in [0.29, 0.717) is 12.3 Å². The third-order valence-corrected chi connectivity index (χ3v) is 6.76. The lowest BCUT2D eigenvalue weighted by molar-refractivity contribution is 0.0979. The second-order valence-electron chi connectivity index (χ2n) is 9.40. The maximum Gasteiger partial charge on any atom is 0.162 e. The van der Waals surface area contributed by atoms with Crippen LogP contribution in [0, 0.1) is 26.7 Å². The van der Waals surface area contributed by atoms with Gasteiger partial charge in [-0.25, -0.2) is 0 Å². The topological polar surface area (TPSA) is 17.1 Å². The van der Waals surface area contributed by atoms with Crippen LogP contribution < -0.4 is 0 Å². The fraction of sp³-hybridized carbons (Fsp3) is 0.559. The van der Waals surface area contributed by atoms with Gasteiger partial charge in [-0.15, -0.1) is 0 Å². The smallest absolute Gasteiger partial charge is 0.162 e. The number of benzene rings is 2. The molecule has 0 aliphatic heterocycles. The third kappa shape index (κ3) is 11.4. The van der Waals surface area contributed by atoms with Gasteiger partial charge < -0.3 is 0 Å². The van der Waals surface area contributed by atoms with Crippen molar-refractivity contribution < 1.29 is 4.79 Å². The van der Waals surface area contributed by atoms with Gasteiger partial charge in [0.15, 0.2) is 5.78 Å². The van der Waals surface area contributed by atoms with Crippen molar-refractivity contribution in [2.75, 3.05) is 0 Å². The van der Waals surface area contributed by atoms with E-state index in [1.165, 1.54) is 59.9 Å². The molecular weight excluding hydrogens is 424 g/mol. The lowest BCUT2D eigenvalue weighted by Crippen LogP contribution is -2.18. The van der Waals surface area contributed by atoms with Crippen LogP contribution in [0.25, 0.3) is 0 Å². The zero-order chi connectivity index (χ0) is 26.8. The predicted molar refractivity (Wildman–Crippen MR) is 158 cm³/mol. The van der Waals surface area contributed by atoms with E-state index in [2.05, 4.69) is 58.5 Å². The number of rotatable bonds is 7. The maximum atomic E-state index is 11.7. The molecule has 1 fully saturated rings. The average Bonchev–Trinajstić information content (AvgIpc) is 2.89.